The molecule has 2 aromatic carbocycles. The standard InChI is InChI=1S/C32H68B.C18H33F6N.C15F16/c1-5-9-13-17-21-25-29-33(30-26-22-18-14-10-6-2,31-27-23-19-15-11-7-3)32-28-24-20-16-12-8-4;1-4-7-9-10-13-16(19,20)17(21,22)18(23,24)25-14-12-15(6-3)11-8-5-2;16-5-2(6(17)10(21)12(23)9(5)20)1-3(13(24,25)15(29,30)31)7(18)11(22)8(19)4(1)14(26,27)28/h5-32H2,1-4H3;15,25H,4-14H2,1-3H3;/q-1;;/p+1. The van der Waals surface area contributed by atoms with E-state index in [1.54, 1.807) is 25.3 Å². The molecule has 1 atom stereocenters. The van der Waals surface area contributed by atoms with Crippen LogP contribution in [-0.4, -0.2) is 36.8 Å². The Bertz CT molecular complexity index is 2120. The predicted octanol–water partition coefficient (Wildman–Crippen LogP) is 26.0. The van der Waals surface area contributed by atoms with Gasteiger partial charge in [-0.05, 0) is 18.8 Å². The molecule has 2 N–H and O–H groups in total. The first-order valence-electron chi connectivity index (χ1n) is 33.0. The van der Waals surface area contributed by atoms with Crippen LogP contribution in [0.2, 0.25) is 25.3 Å². The summed E-state index contributed by atoms with van der Waals surface area (Å²) in [4.78, 5) is 0. The Labute approximate surface area is 516 Å². The van der Waals surface area contributed by atoms with Gasteiger partial charge in [0.2, 0.25) is 5.82 Å². The second-order valence-corrected chi connectivity index (χ2v) is 24.5. The molecule has 0 heterocycles. The van der Waals surface area contributed by atoms with Gasteiger partial charge in [-0.1, -0.05) is 248 Å². The normalized spacial score (nSPS) is 13.2. The zero-order valence-electron chi connectivity index (χ0n) is 53.6. The van der Waals surface area contributed by atoms with Gasteiger partial charge < -0.3 is 0 Å². The SMILES string of the molecule is CCCCCCC(F)(F)C(F)(F)C(F)(F)[NH2+]CCC(CC)CCCC.CCCCCCCC[B-](CCCCCCCC)(CCCCCCCC)CCCCCCCC.Fc1c(F)c(F)c(-c2c(C(F)(F)F)c(F)c(F)c(F)c2C(F)(F)C(F)(F)F)c(F)c1F. The van der Waals surface area contributed by atoms with Crippen molar-refractivity contribution in [3.05, 3.63) is 57.7 Å². The number of hydrogen-bond donors (Lipinski definition) is 1. The van der Waals surface area contributed by atoms with Crippen LogP contribution in [0.25, 0.3) is 11.1 Å². The van der Waals surface area contributed by atoms with Gasteiger partial charge in [0, 0.05) is 18.1 Å². The van der Waals surface area contributed by atoms with Gasteiger partial charge in [-0.25, -0.2) is 35.1 Å². The van der Waals surface area contributed by atoms with Crippen molar-refractivity contribution in [2.45, 2.75) is 328 Å². The summed E-state index contributed by atoms with van der Waals surface area (Å²) in [6, 6.07) is -4.80. The first-order chi connectivity index (χ1) is 41.6. The van der Waals surface area contributed by atoms with Crippen molar-refractivity contribution in [3.63, 3.8) is 0 Å². The molecule has 2 aromatic rings. The summed E-state index contributed by atoms with van der Waals surface area (Å²) in [5.74, 6) is -44.0. The van der Waals surface area contributed by atoms with Gasteiger partial charge in [-0.3, -0.25) is 5.32 Å². The Balaban J connectivity index is 0.00000132. The number of benzene rings is 2. The largest absolute Gasteiger partial charge is 0.458 e. The average Bonchev–Trinajstić information content (AvgIpc) is 0.751. The minimum Gasteiger partial charge on any atom is -0.280 e. The lowest BCUT2D eigenvalue weighted by molar-refractivity contribution is -0.808. The third-order valence-electron chi connectivity index (χ3n) is 17.2. The van der Waals surface area contributed by atoms with Crippen LogP contribution in [0.1, 0.15) is 278 Å². The number of nitrogens with two attached hydrogens (primary N) is 1. The lowest BCUT2D eigenvalue weighted by Crippen LogP contribution is -2.99. The minimum absolute atomic E-state index is 0.0988. The molecule has 24 heteroatoms. The molecule has 0 aliphatic carbocycles. The molecular weight excluding hydrogens is 1220 g/mol. The van der Waals surface area contributed by atoms with Crippen molar-refractivity contribution in [1.82, 2.24) is 0 Å². The molecule has 0 saturated carbocycles. The maximum atomic E-state index is 13.9. The lowest BCUT2D eigenvalue weighted by Gasteiger charge is -2.41. The highest BCUT2D eigenvalue weighted by Crippen LogP contribution is 2.54. The number of quaternary nitrogens is 1. The van der Waals surface area contributed by atoms with E-state index < -0.39 is 111 Å². The van der Waals surface area contributed by atoms with Crippen LogP contribution in [0, 0.1) is 52.5 Å². The fraction of sp³-hybridized carbons (Fsp3) is 0.815. The van der Waals surface area contributed by atoms with Crippen molar-refractivity contribution in [3.8, 4) is 11.1 Å². The third-order valence-corrected chi connectivity index (χ3v) is 17.2. The highest BCUT2D eigenvalue weighted by Gasteiger charge is 2.74. The van der Waals surface area contributed by atoms with E-state index in [4.69, 9.17) is 0 Å². The smallest absolute Gasteiger partial charge is 0.280 e. The van der Waals surface area contributed by atoms with Crippen LogP contribution in [0.15, 0.2) is 0 Å². The van der Waals surface area contributed by atoms with Gasteiger partial charge in [0.15, 0.2) is 40.7 Å². The highest BCUT2D eigenvalue weighted by molar-refractivity contribution is 6.79. The van der Waals surface area contributed by atoms with Gasteiger partial charge >= 0.3 is 36.2 Å². The minimum atomic E-state index is -7.10. The maximum absolute atomic E-state index is 13.9. The fourth-order valence-corrected chi connectivity index (χ4v) is 11.6. The summed E-state index contributed by atoms with van der Waals surface area (Å²) in [7, 11) is 0. The number of unbranched alkanes of at least 4 members (excludes halogenated alkanes) is 24. The van der Waals surface area contributed by atoms with E-state index in [-0.39, 0.29) is 30.3 Å². The molecular formula is C65H102BF22N. The van der Waals surface area contributed by atoms with Crippen LogP contribution in [0.5, 0.6) is 0 Å². The Morgan fingerprint density at radius 1 is 0.337 bits per heavy atom. The van der Waals surface area contributed by atoms with Gasteiger partial charge in [0.05, 0.1) is 17.7 Å². The second kappa shape index (κ2) is 43.0. The van der Waals surface area contributed by atoms with E-state index in [1.807, 2.05) is 20.8 Å². The Hall–Kier alpha value is -3.08. The van der Waals surface area contributed by atoms with E-state index in [9.17, 15) is 96.6 Å². The van der Waals surface area contributed by atoms with Crippen LogP contribution < -0.4 is 5.32 Å². The number of hydrogen-bond acceptors (Lipinski definition) is 0. The molecule has 0 spiro atoms. The van der Waals surface area contributed by atoms with E-state index in [0.29, 0.717) is 19.3 Å². The van der Waals surface area contributed by atoms with Crippen molar-refractivity contribution in [2.75, 3.05) is 6.54 Å². The number of rotatable bonds is 45. The first-order valence-corrected chi connectivity index (χ1v) is 33.0. The van der Waals surface area contributed by atoms with Gasteiger partial charge in [0.1, 0.15) is 5.56 Å². The van der Waals surface area contributed by atoms with Gasteiger partial charge in [-0.2, -0.15) is 78.0 Å². The van der Waals surface area contributed by atoms with Gasteiger partial charge in [-0.15, -0.1) is 8.78 Å². The van der Waals surface area contributed by atoms with Gasteiger partial charge in [0.25, 0.3) is 0 Å². The number of halogens is 22. The molecule has 89 heavy (non-hydrogen) atoms. The molecule has 0 saturated heterocycles. The van der Waals surface area contributed by atoms with E-state index in [2.05, 4.69) is 27.7 Å². The van der Waals surface area contributed by atoms with Crippen LogP contribution in [-0.2, 0) is 12.1 Å². The summed E-state index contributed by atoms with van der Waals surface area (Å²) < 4.78 is 296. The molecule has 1 nitrogen and oxygen atoms in total. The highest BCUT2D eigenvalue weighted by atomic mass is 19.4. The maximum Gasteiger partial charge on any atom is 0.458 e. The molecule has 0 amide bonds. The molecule has 0 fully saturated rings. The summed E-state index contributed by atoms with van der Waals surface area (Å²) in [5.41, 5.74) is -14.2. The molecule has 524 valence electrons. The Kier molecular flexibility index (Phi) is 41.5. The topological polar surface area (TPSA) is 16.6 Å². The predicted molar refractivity (Wildman–Crippen MR) is 313 cm³/mol. The summed E-state index contributed by atoms with van der Waals surface area (Å²) in [6.45, 7) is 14.9. The fourth-order valence-electron chi connectivity index (χ4n) is 11.6. The van der Waals surface area contributed by atoms with Crippen molar-refractivity contribution < 1.29 is 102 Å². The molecule has 1 unspecified atom stereocenters. The average molecular weight is 1330 g/mol. The van der Waals surface area contributed by atoms with Crippen molar-refractivity contribution >= 4 is 6.15 Å². The van der Waals surface area contributed by atoms with Crippen LogP contribution in [0.3, 0.4) is 0 Å². The lowest BCUT2D eigenvalue weighted by atomic mass is 9.17. The zero-order valence-corrected chi connectivity index (χ0v) is 53.6. The number of alkyl halides is 14. The summed E-state index contributed by atoms with van der Waals surface area (Å²) in [5, 5.41) is 0.0988. The van der Waals surface area contributed by atoms with E-state index >= 15 is 0 Å². The Morgan fingerprint density at radius 3 is 0.989 bits per heavy atom. The summed E-state index contributed by atoms with van der Waals surface area (Å²) in [6.07, 6.45) is 32.1. The van der Waals surface area contributed by atoms with Crippen LogP contribution in [0.4, 0.5) is 96.6 Å². The van der Waals surface area contributed by atoms with Crippen molar-refractivity contribution in [2.24, 2.45) is 5.92 Å². The molecule has 0 aliphatic heterocycles. The molecule has 0 radical (unpaired) electrons. The van der Waals surface area contributed by atoms with Crippen molar-refractivity contribution in [1.29, 1.82) is 0 Å². The quantitative estimate of drug-likeness (QED) is 0.0170. The molecule has 0 aromatic heterocycles. The molecule has 0 bridgehead atoms. The first kappa shape index (κ1) is 85.9. The van der Waals surface area contributed by atoms with Crippen LogP contribution >= 0.6 is 0 Å². The molecule has 2 rings (SSSR count). The summed E-state index contributed by atoms with van der Waals surface area (Å²) >= 11 is 0. The Morgan fingerprint density at radius 2 is 0.652 bits per heavy atom. The second-order valence-electron chi connectivity index (χ2n) is 24.5. The third kappa shape index (κ3) is 28.2. The monoisotopic (exact) mass is 1330 g/mol. The molecule has 0 aliphatic rings. The van der Waals surface area contributed by atoms with E-state index in [0.717, 1.165) is 32.1 Å². The zero-order chi connectivity index (χ0) is 68.3. The van der Waals surface area contributed by atoms with E-state index in [1.165, 1.54) is 154 Å².